The summed E-state index contributed by atoms with van der Waals surface area (Å²) in [5.41, 5.74) is 2.15. The molecule has 2 fully saturated rings. The van der Waals surface area contributed by atoms with Gasteiger partial charge < -0.3 is 14.8 Å². The second-order valence-electron chi connectivity index (χ2n) is 7.08. The lowest BCUT2D eigenvalue weighted by Gasteiger charge is -2.43. The molecule has 2 aliphatic rings. The van der Waals surface area contributed by atoms with Gasteiger partial charge in [-0.25, -0.2) is 4.98 Å². The van der Waals surface area contributed by atoms with Gasteiger partial charge in [-0.05, 0) is 37.8 Å². The molecule has 1 spiro atoms. The summed E-state index contributed by atoms with van der Waals surface area (Å²) in [4.78, 5) is 17.3. The smallest absolute Gasteiger partial charge is 0.270 e. The van der Waals surface area contributed by atoms with Crippen LogP contribution in [0.15, 0.2) is 48.5 Å². The standard InChI is InChI=1S/C21H24N2O3/c24-20(19-8-4-7-18(23-19)16-5-2-1-3-6-16)22-17-9-12-26-21(15-17)10-13-25-14-11-21/h1-8,17H,9-15H2,(H,22,24). The molecule has 1 atom stereocenters. The quantitative estimate of drug-likeness (QED) is 0.921. The van der Waals surface area contributed by atoms with Gasteiger partial charge in [-0.15, -0.1) is 0 Å². The minimum Gasteiger partial charge on any atom is -0.381 e. The number of benzene rings is 1. The fourth-order valence-corrected chi connectivity index (χ4v) is 3.83. The third kappa shape index (κ3) is 3.79. The van der Waals surface area contributed by atoms with Crippen molar-refractivity contribution >= 4 is 5.91 Å². The van der Waals surface area contributed by atoms with E-state index in [2.05, 4.69) is 10.3 Å². The van der Waals surface area contributed by atoms with E-state index in [-0.39, 0.29) is 17.6 Å². The highest BCUT2D eigenvalue weighted by atomic mass is 16.5. The molecule has 0 aliphatic carbocycles. The van der Waals surface area contributed by atoms with E-state index in [9.17, 15) is 4.79 Å². The molecule has 1 aromatic heterocycles. The van der Waals surface area contributed by atoms with Crippen molar-refractivity contribution in [2.24, 2.45) is 0 Å². The Morgan fingerprint density at radius 2 is 1.85 bits per heavy atom. The molecule has 2 saturated heterocycles. The van der Waals surface area contributed by atoms with Crippen LogP contribution in [0.1, 0.15) is 36.2 Å². The predicted molar refractivity (Wildman–Crippen MR) is 98.9 cm³/mol. The first-order valence-corrected chi connectivity index (χ1v) is 9.29. The monoisotopic (exact) mass is 352 g/mol. The van der Waals surface area contributed by atoms with Gasteiger partial charge in [0.2, 0.25) is 0 Å². The maximum atomic E-state index is 12.7. The zero-order chi connectivity index (χ0) is 17.8. The zero-order valence-corrected chi connectivity index (χ0v) is 14.8. The van der Waals surface area contributed by atoms with Gasteiger partial charge in [-0.1, -0.05) is 36.4 Å². The molecule has 5 heteroatoms. The van der Waals surface area contributed by atoms with Gasteiger partial charge in [-0.3, -0.25) is 4.79 Å². The Hall–Kier alpha value is -2.24. The summed E-state index contributed by atoms with van der Waals surface area (Å²) in [5, 5.41) is 3.16. The van der Waals surface area contributed by atoms with E-state index in [4.69, 9.17) is 9.47 Å². The van der Waals surface area contributed by atoms with Crippen LogP contribution in [-0.4, -0.2) is 42.4 Å². The van der Waals surface area contributed by atoms with Gasteiger partial charge in [0.25, 0.3) is 5.91 Å². The molecule has 1 unspecified atom stereocenters. The van der Waals surface area contributed by atoms with Gasteiger partial charge in [0.15, 0.2) is 0 Å². The Kier molecular flexibility index (Phi) is 5.00. The van der Waals surface area contributed by atoms with Crippen LogP contribution in [0.4, 0.5) is 0 Å². The van der Waals surface area contributed by atoms with Crippen molar-refractivity contribution in [3.8, 4) is 11.3 Å². The maximum absolute atomic E-state index is 12.7. The molecular weight excluding hydrogens is 328 g/mol. The van der Waals surface area contributed by atoms with Gasteiger partial charge in [0.1, 0.15) is 5.69 Å². The summed E-state index contributed by atoms with van der Waals surface area (Å²) in [5.74, 6) is -0.114. The van der Waals surface area contributed by atoms with E-state index < -0.39 is 0 Å². The number of nitrogens with zero attached hydrogens (tertiary/aromatic N) is 1. The molecule has 1 N–H and O–H groups in total. The predicted octanol–water partition coefficient (Wildman–Crippen LogP) is 3.21. The summed E-state index contributed by atoms with van der Waals surface area (Å²) >= 11 is 0. The van der Waals surface area contributed by atoms with Crippen LogP contribution >= 0.6 is 0 Å². The van der Waals surface area contributed by atoms with Crippen LogP contribution in [0.25, 0.3) is 11.3 Å². The summed E-state index contributed by atoms with van der Waals surface area (Å²) < 4.78 is 11.5. The van der Waals surface area contributed by atoms with E-state index in [0.717, 1.165) is 50.2 Å². The molecule has 26 heavy (non-hydrogen) atoms. The molecular formula is C21H24N2O3. The first-order chi connectivity index (χ1) is 12.7. The third-order valence-electron chi connectivity index (χ3n) is 5.28. The molecule has 0 bridgehead atoms. The Morgan fingerprint density at radius 1 is 1.04 bits per heavy atom. The molecule has 0 radical (unpaired) electrons. The first-order valence-electron chi connectivity index (χ1n) is 9.29. The molecule has 4 rings (SSSR count). The number of ether oxygens (including phenoxy) is 2. The average molecular weight is 352 g/mol. The lowest BCUT2D eigenvalue weighted by Crippen LogP contribution is -2.51. The first kappa shape index (κ1) is 17.2. The number of hydrogen-bond acceptors (Lipinski definition) is 4. The van der Waals surface area contributed by atoms with E-state index in [0.29, 0.717) is 12.3 Å². The van der Waals surface area contributed by atoms with Crippen LogP contribution in [0, 0.1) is 0 Å². The zero-order valence-electron chi connectivity index (χ0n) is 14.8. The average Bonchev–Trinajstić information content (AvgIpc) is 2.69. The largest absolute Gasteiger partial charge is 0.381 e. The number of carbonyl (C=O) groups is 1. The van der Waals surface area contributed by atoms with Gasteiger partial charge in [-0.2, -0.15) is 0 Å². The summed E-state index contributed by atoms with van der Waals surface area (Å²) in [6.45, 7) is 2.16. The molecule has 2 aromatic rings. The minimum atomic E-state index is -0.131. The van der Waals surface area contributed by atoms with Crippen molar-refractivity contribution in [3.05, 3.63) is 54.2 Å². The van der Waals surface area contributed by atoms with Crippen molar-refractivity contribution < 1.29 is 14.3 Å². The Bertz CT molecular complexity index is 751. The highest BCUT2D eigenvalue weighted by Gasteiger charge is 2.39. The normalized spacial score (nSPS) is 22.1. The van der Waals surface area contributed by atoms with Crippen LogP contribution in [0.2, 0.25) is 0 Å². The Morgan fingerprint density at radius 3 is 2.65 bits per heavy atom. The van der Waals surface area contributed by atoms with E-state index in [1.54, 1.807) is 6.07 Å². The van der Waals surface area contributed by atoms with Crippen molar-refractivity contribution in [2.75, 3.05) is 19.8 Å². The highest BCUT2D eigenvalue weighted by Crippen LogP contribution is 2.34. The van der Waals surface area contributed by atoms with Gasteiger partial charge in [0.05, 0.1) is 11.3 Å². The van der Waals surface area contributed by atoms with Crippen molar-refractivity contribution in [1.82, 2.24) is 10.3 Å². The Labute approximate surface area is 153 Å². The fourth-order valence-electron chi connectivity index (χ4n) is 3.83. The number of pyridine rings is 1. The van der Waals surface area contributed by atoms with Crippen molar-refractivity contribution in [3.63, 3.8) is 0 Å². The van der Waals surface area contributed by atoms with Crippen molar-refractivity contribution in [2.45, 2.75) is 37.3 Å². The molecule has 5 nitrogen and oxygen atoms in total. The summed E-state index contributed by atoms with van der Waals surface area (Å²) in [6, 6.07) is 15.6. The van der Waals surface area contributed by atoms with Crippen LogP contribution in [0.5, 0.6) is 0 Å². The van der Waals surface area contributed by atoms with Crippen LogP contribution in [0.3, 0.4) is 0 Å². The molecule has 0 saturated carbocycles. The number of rotatable bonds is 3. The second-order valence-corrected chi connectivity index (χ2v) is 7.08. The van der Waals surface area contributed by atoms with Gasteiger partial charge in [0, 0.05) is 31.4 Å². The lowest BCUT2D eigenvalue weighted by molar-refractivity contribution is -0.139. The number of hydrogen-bond donors (Lipinski definition) is 1. The molecule has 2 aliphatic heterocycles. The van der Waals surface area contributed by atoms with E-state index in [1.165, 1.54) is 0 Å². The molecule has 136 valence electrons. The Balaban J connectivity index is 1.45. The molecule has 1 aromatic carbocycles. The maximum Gasteiger partial charge on any atom is 0.270 e. The summed E-state index contributed by atoms with van der Waals surface area (Å²) in [7, 11) is 0. The van der Waals surface area contributed by atoms with Crippen LogP contribution in [-0.2, 0) is 9.47 Å². The van der Waals surface area contributed by atoms with Gasteiger partial charge >= 0.3 is 0 Å². The van der Waals surface area contributed by atoms with Crippen LogP contribution < -0.4 is 5.32 Å². The highest BCUT2D eigenvalue weighted by molar-refractivity contribution is 5.93. The summed E-state index contributed by atoms with van der Waals surface area (Å²) in [6.07, 6.45) is 3.50. The van der Waals surface area contributed by atoms with E-state index in [1.807, 2.05) is 42.5 Å². The molecule has 1 amide bonds. The SMILES string of the molecule is O=C(NC1CCOC2(CCOCC2)C1)c1cccc(-c2ccccc2)n1. The molecule has 3 heterocycles. The topological polar surface area (TPSA) is 60.5 Å². The lowest BCUT2D eigenvalue weighted by atomic mass is 9.84. The number of amides is 1. The number of aromatic nitrogens is 1. The van der Waals surface area contributed by atoms with E-state index >= 15 is 0 Å². The number of carbonyl (C=O) groups excluding carboxylic acids is 1. The third-order valence-corrected chi connectivity index (χ3v) is 5.28. The fraction of sp³-hybridized carbons (Fsp3) is 0.429. The second kappa shape index (κ2) is 7.56. The number of nitrogens with one attached hydrogen (secondary N) is 1. The minimum absolute atomic E-state index is 0.114. The van der Waals surface area contributed by atoms with Crippen molar-refractivity contribution in [1.29, 1.82) is 0 Å².